The number of aromatic amines is 1. The molecular weight excluding hydrogens is 332 g/mol. The van der Waals surface area contributed by atoms with Crippen LogP contribution in [0, 0.1) is 12.8 Å². The first-order valence-electron chi connectivity index (χ1n) is 8.74. The van der Waals surface area contributed by atoms with Crippen molar-refractivity contribution in [1.82, 2.24) is 9.88 Å². The number of ether oxygens (including phenoxy) is 2. The van der Waals surface area contributed by atoms with Crippen LogP contribution in [0.3, 0.4) is 0 Å². The van der Waals surface area contributed by atoms with E-state index in [2.05, 4.69) is 4.98 Å². The van der Waals surface area contributed by atoms with Gasteiger partial charge in [-0.25, -0.2) is 0 Å². The van der Waals surface area contributed by atoms with Crippen LogP contribution in [0.1, 0.15) is 39.3 Å². The van der Waals surface area contributed by atoms with Gasteiger partial charge in [0.25, 0.3) is 5.91 Å². The highest BCUT2D eigenvalue weighted by Crippen LogP contribution is 2.29. The second kappa shape index (κ2) is 7.64. The normalized spacial score (nSPS) is 17.0. The summed E-state index contributed by atoms with van der Waals surface area (Å²) in [6, 6.07) is 7.03. The van der Waals surface area contributed by atoms with E-state index in [1.807, 2.05) is 19.2 Å². The van der Waals surface area contributed by atoms with Crippen LogP contribution < -0.4 is 9.47 Å². The van der Waals surface area contributed by atoms with Crippen LogP contribution in [-0.2, 0) is 0 Å². The number of rotatable bonds is 5. The number of hydrogen-bond acceptors (Lipinski definition) is 4. The number of carbonyl (C=O) groups is 2. The summed E-state index contributed by atoms with van der Waals surface area (Å²) in [5.41, 5.74) is 2.11. The number of nitrogens with one attached hydrogen (secondary N) is 1. The van der Waals surface area contributed by atoms with E-state index >= 15 is 0 Å². The van der Waals surface area contributed by atoms with Crippen LogP contribution in [0.15, 0.2) is 30.5 Å². The average Bonchev–Trinajstić information content (AvgIpc) is 3.12. The second-order valence-electron chi connectivity index (χ2n) is 6.61. The Bertz CT molecular complexity index is 812. The lowest BCUT2D eigenvalue weighted by molar-refractivity contribution is 0.0632. The monoisotopic (exact) mass is 356 g/mol. The van der Waals surface area contributed by atoms with Crippen LogP contribution in [0.2, 0.25) is 0 Å². The van der Waals surface area contributed by atoms with Gasteiger partial charge in [-0.3, -0.25) is 9.59 Å². The number of aromatic nitrogens is 1. The van der Waals surface area contributed by atoms with Gasteiger partial charge < -0.3 is 19.4 Å². The summed E-state index contributed by atoms with van der Waals surface area (Å²) in [5, 5.41) is 0. The molecule has 1 aliphatic heterocycles. The third-order valence-corrected chi connectivity index (χ3v) is 4.81. The Labute approximate surface area is 153 Å². The molecule has 1 fully saturated rings. The van der Waals surface area contributed by atoms with Gasteiger partial charge in [0, 0.05) is 31.3 Å². The number of piperidine rings is 1. The van der Waals surface area contributed by atoms with Crippen molar-refractivity contribution in [1.29, 1.82) is 0 Å². The summed E-state index contributed by atoms with van der Waals surface area (Å²) in [6.07, 6.45) is 3.38. The number of Topliss-reactive ketones (excluding diaryl/α,β-unsaturated/α-hetero) is 1. The van der Waals surface area contributed by atoms with Crippen molar-refractivity contribution >= 4 is 11.7 Å². The average molecular weight is 356 g/mol. The first-order valence-corrected chi connectivity index (χ1v) is 8.74. The highest BCUT2D eigenvalue weighted by molar-refractivity contribution is 6.01. The van der Waals surface area contributed by atoms with Gasteiger partial charge >= 0.3 is 0 Å². The zero-order chi connectivity index (χ0) is 18.7. The number of benzene rings is 1. The Hall–Kier alpha value is -2.76. The number of carbonyl (C=O) groups excluding carboxylic acids is 2. The molecule has 0 bridgehead atoms. The largest absolute Gasteiger partial charge is 0.497 e. The van der Waals surface area contributed by atoms with Crippen molar-refractivity contribution in [3.05, 3.63) is 47.3 Å². The molecule has 6 heteroatoms. The second-order valence-corrected chi connectivity index (χ2v) is 6.61. The first kappa shape index (κ1) is 18.0. The van der Waals surface area contributed by atoms with E-state index < -0.39 is 0 Å². The molecule has 0 saturated carbocycles. The maximum Gasteiger partial charge on any atom is 0.270 e. The zero-order valence-electron chi connectivity index (χ0n) is 15.4. The molecule has 0 radical (unpaired) electrons. The maximum absolute atomic E-state index is 13.0. The zero-order valence-corrected chi connectivity index (χ0v) is 15.4. The molecule has 2 heterocycles. The van der Waals surface area contributed by atoms with E-state index in [4.69, 9.17) is 9.47 Å². The minimum Gasteiger partial charge on any atom is -0.497 e. The molecule has 1 aromatic heterocycles. The summed E-state index contributed by atoms with van der Waals surface area (Å²) in [6.45, 7) is 3.02. The number of amides is 1. The van der Waals surface area contributed by atoms with Crippen molar-refractivity contribution in [3.8, 4) is 11.5 Å². The number of H-pyrrole nitrogens is 1. The van der Waals surface area contributed by atoms with Gasteiger partial charge in [0.05, 0.1) is 19.8 Å². The third-order valence-electron chi connectivity index (χ3n) is 4.81. The molecule has 0 aliphatic carbocycles. The van der Waals surface area contributed by atoms with Gasteiger partial charge in [0.2, 0.25) is 0 Å². The molecule has 6 nitrogen and oxygen atoms in total. The van der Waals surface area contributed by atoms with Gasteiger partial charge in [0.15, 0.2) is 5.78 Å². The third kappa shape index (κ3) is 3.59. The quantitative estimate of drug-likeness (QED) is 0.836. The fraction of sp³-hybridized carbons (Fsp3) is 0.400. The summed E-state index contributed by atoms with van der Waals surface area (Å²) < 4.78 is 10.5. The van der Waals surface area contributed by atoms with Gasteiger partial charge in [-0.1, -0.05) is 0 Å². The van der Waals surface area contributed by atoms with Crippen LogP contribution >= 0.6 is 0 Å². The van der Waals surface area contributed by atoms with E-state index in [0.717, 1.165) is 18.4 Å². The maximum atomic E-state index is 13.0. The predicted molar refractivity (Wildman–Crippen MR) is 98.0 cm³/mol. The SMILES string of the molecule is COc1ccc(C(=O)[C@@H]2CCCN(C(=O)c3cc(C)c[nH]3)C2)c(OC)c1. The van der Waals surface area contributed by atoms with Crippen LogP contribution in [0.5, 0.6) is 11.5 Å². The lowest BCUT2D eigenvalue weighted by Crippen LogP contribution is -2.42. The first-order chi connectivity index (χ1) is 12.5. The van der Waals surface area contributed by atoms with E-state index in [0.29, 0.717) is 35.8 Å². The molecule has 1 atom stereocenters. The van der Waals surface area contributed by atoms with Gasteiger partial charge in [-0.2, -0.15) is 0 Å². The Kier molecular flexibility index (Phi) is 5.30. The van der Waals surface area contributed by atoms with Gasteiger partial charge in [-0.05, 0) is 43.5 Å². The Morgan fingerprint density at radius 1 is 1.19 bits per heavy atom. The highest BCUT2D eigenvalue weighted by atomic mass is 16.5. The van der Waals surface area contributed by atoms with Crippen molar-refractivity contribution in [2.75, 3.05) is 27.3 Å². The van der Waals surface area contributed by atoms with E-state index in [-0.39, 0.29) is 17.6 Å². The fourth-order valence-corrected chi connectivity index (χ4v) is 3.39. The number of ketones is 1. The topological polar surface area (TPSA) is 71.6 Å². The summed E-state index contributed by atoms with van der Waals surface area (Å²) in [4.78, 5) is 30.4. The Balaban J connectivity index is 1.77. The molecule has 1 saturated heterocycles. The minimum absolute atomic E-state index is 0.00432. The predicted octanol–water partition coefficient (Wildman–Crippen LogP) is 3.08. The van der Waals surface area contributed by atoms with Crippen molar-refractivity contribution in [2.45, 2.75) is 19.8 Å². The summed E-state index contributed by atoms with van der Waals surface area (Å²) >= 11 is 0. The number of hydrogen-bond donors (Lipinski definition) is 1. The van der Waals surface area contributed by atoms with Crippen molar-refractivity contribution in [2.24, 2.45) is 5.92 Å². The fourth-order valence-electron chi connectivity index (χ4n) is 3.39. The molecule has 2 aromatic rings. The van der Waals surface area contributed by atoms with Crippen molar-refractivity contribution < 1.29 is 19.1 Å². The highest BCUT2D eigenvalue weighted by Gasteiger charge is 2.31. The molecule has 1 N–H and O–H groups in total. The number of methoxy groups -OCH3 is 2. The Morgan fingerprint density at radius 2 is 2.00 bits per heavy atom. The number of likely N-dealkylation sites (tertiary alicyclic amines) is 1. The number of aryl methyl sites for hydroxylation is 1. The Morgan fingerprint density at radius 3 is 2.65 bits per heavy atom. The molecule has 1 amide bonds. The molecule has 138 valence electrons. The molecule has 3 rings (SSSR count). The van der Waals surface area contributed by atoms with E-state index in [1.54, 1.807) is 30.2 Å². The van der Waals surface area contributed by atoms with Crippen LogP contribution in [0.25, 0.3) is 0 Å². The number of nitrogens with zero attached hydrogens (tertiary/aromatic N) is 1. The van der Waals surface area contributed by atoms with E-state index in [9.17, 15) is 9.59 Å². The smallest absolute Gasteiger partial charge is 0.270 e. The minimum atomic E-state index is -0.231. The molecule has 26 heavy (non-hydrogen) atoms. The van der Waals surface area contributed by atoms with Crippen LogP contribution in [0.4, 0.5) is 0 Å². The molecule has 0 spiro atoms. The summed E-state index contributed by atoms with van der Waals surface area (Å²) in [5.74, 6) is 0.853. The molecule has 0 unspecified atom stereocenters. The van der Waals surface area contributed by atoms with Crippen molar-refractivity contribution in [3.63, 3.8) is 0 Å². The standard InChI is InChI=1S/C20H24N2O4/c1-13-9-17(21-11-13)20(24)22-8-4-5-14(12-22)19(23)16-7-6-15(25-2)10-18(16)26-3/h6-7,9-11,14,21H,4-5,8,12H2,1-3H3/t14-/m1/s1. The molecule has 1 aliphatic rings. The lowest BCUT2D eigenvalue weighted by Gasteiger charge is -2.32. The van der Waals surface area contributed by atoms with Gasteiger partial charge in [0.1, 0.15) is 17.2 Å². The summed E-state index contributed by atoms with van der Waals surface area (Å²) in [7, 11) is 3.11. The van der Waals surface area contributed by atoms with Gasteiger partial charge in [-0.15, -0.1) is 0 Å². The molecular formula is C20H24N2O4. The van der Waals surface area contributed by atoms with Crippen LogP contribution in [-0.4, -0.2) is 48.9 Å². The lowest BCUT2D eigenvalue weighted by atomic mass is 9.89. The van der Waals surface area contributed by atoms with E-state index in [1.165, 1.54) is 7.11 Å². The molecule has 1 aromatic carbocycles.